The van der Waals surface area contributed by atoms with E-state index in [1.165, 1.54) is 0 Å². The van der Waals surface area contributed by atoms with Gasteiger partial charge in [0.25, 0.3) is 0 Å². The van der Waals surface area contributed by atoms with Gasteiger partial charge in [0.05, 0.1) is 6.04 Å². The molecule has 2 heterocycles. The predicted molar refractivity (Wildman–Crippen MR) is 91.5 cm³/mol. The van der Waals surface area contributed by atoms with Gasteiger partial charge in [-0.3, -0.25) is 9.48 Å². The highest BCUT2D eigenvalue weighted by molar-refractivity contribution is 5.83. The van der Waals surface area contributed by atoms with E-state index in [0.29, 0.717) is 0 Å². The van der Waals surface area contributed by atoms with Crippen molar-refractivity contribution in [2.24, 2.45) is 0 Å². The van der Waals surface area contributed by atoms with E-state index in [0.717, 1.165) is 22.6 Å². The largest absolute Gasteiger partial charge is 0.466 e. The fraction of sp³-hybridized carbons (Fsp3) is 0.263. The number of furan rings is 1. The molecule has 0 spiro atoms. The Kier molecular flexibility index (Phi) is 4.51. The van der Waals surface area contributed by atoms with Crippen molar-refractivity contribution in [3.8, 4) is 0 Å². The number of aryl methyl sites for hydroxylation is 2. The maximum atomic E-state index is 12.9. The number of amides is 1. The molecule has 2 atom stereocenters. The number of hydrogen-bond donors (Lipinski definition) is 1. The summed E-state index contributed by atoms with van der Waals surface area (Å²) < 4.78 is 7.24. The van der Waals surface area contributed by atoms with Crippen molar-refractivity contribution in [1.82, 2.24) is 15.1 Å². The molecular weight excluding hydrogens is 302 g/mol. The summed E-state index contributed by atoms with van der Waals surface area (Å²) in [5.41, 5.74) is 1.89. The lowest BCUT2D eigenvalue weighted by Gasteiger charge is -2.21. The Morgan fingerprint density at radius 2 is 1.96 bits per heavy atom. The third-order valence-corrected chi connectivity index (χ3v) is 4.06. The molecule has 124 valence electrons. The number of benzene rings is 1. The highest BCUT2D eigenvalue weighted by Crippen LogP contribution is 2.23. The van der Waals surface area contributed by atoms with Gasteiger partial charge in [-0.25, -0.2) is 0 Å². The van der Waals surface area contributed by atoms with Crippen molar-refractivity contribution >= 4 is 5.91 Å². The Morgan fingerprint density at radius 3 is 2.54 bits per heavy atom. The molecular formula is C19H21N3O2. The molecule has 1 aromatic carbocycles. The summed E-state index contributed by atoms with van der Waals surface area (Å²) in [6.45, 7) is 5.77. The van der Waals surface area contributed by atoms with Crippen LogP contribution in [0.4, 0.5) is 0 Å². The fourth-order valence-corrected chi connectivity index (χ4v) is 2.94. The highest BCUT2D eigenvalue weighted by Gasteiger charge is 2.25. The molecule has 0 bridgehead atoms. The molecule has 0 aliphatic rings. The van der Waals surface area contributed by atoms with Gasteiger partial charge in [0, 0.05) is 18.0 Å². The van der Waals surface area contributed by atoms with Gasteiger partial charge in [-0.1, -0.05) is 30.3 Å². The predicted octanol–water partition coefficient (Wildman–Crippen LogP) is 3.56. The van der Waals surface area contributed by atoms with Crippen molar-refractivity contribution in [1.29, 1.82) is 0 Å². The summed E-state index contributed by atoms with van der Waals surface area (Å²) in [5, 5.41) is 7.33. The summed E-state index contributed by atoms with van der Waals surface area (Å²) in [5.74, 6) is 1.57. The third-order valence-electron chi connectivity index (χ3n) is 4.06. The van der Waals surface area contributed by atoms with E-state index in [2.05, 4.69) is 10.4 Å². The third kappa shape index (κ3) is 3.25. The van der Waals surface area contributed by atoms with Gasteiger partial charge >= 0.3 is 0 Å². The van der Waals surface area contributed by atoms with Crippen LogP contribution >= 0.6 is 0 Å². The van der Waals surface area contributed by atoms with Gasteiger partial charge in [-0.2, -0.15) is 5.10 Å². The van der Waals surface area contributed by atoms with E-state index >= 15 is 0 Å². The van der Waals surface area contributed by atoms with Gasteiger partial charge in [-0.15, -0.1) is 0 Å². The van der Waals surface area contributed by atoms with Crippen molar-refractivity contribution in [3.63, 3.8) is 0 Å². The van der Waals surface area contributed by atoms with E-state index in [4.69, 9.17) is 4.42 Å². The number of nitrogens with zero attached hydrogens (tertiary/aromatic N) is 2. The Bertz CT molecular complexity index is 807. The maximum Gasteiger partial charge on any atom is 0.249 e. The molecule has 2 aromatic heterocycles. The van der Waals surface area contributed by atoms with Crippen LogP contribution in [-0.2, 0) is 4.79 Å². The Labute approximate surface area is 141 Å². The second-order valence-corrected chi connectivity index (χ2v) is 5.90. The number of hydrogen-bond acceptors (Lipinski definition) is 3. The van der Waals surface area contributed by atoms with Gasteiger partial charge in [0.1, 0.15) is 11.5 Å². The first-order valence-corrected chi connectivity index (χ1v) is 7.97. The highest BCUT2D eigenvalue weighted by atomic mass is 16.3. The van der Waals surface area contributed by atoms with E-state index in [1.54, 1.807) is 17.1 Å². The molecule has 0 aliphatic carbocycles. The summed E-state index contributed by atoms with van der Waals surface area (Å²) in [4.78, 5) is 12.9. The average molecular weight is 323 g/mol. The minimum Gasteiger partial charge on any atom is -0.466 e. The number of rotatable bonds is 5. The Balaban J connectivity index is 1.86. The number of aromatic nitrogens is 2. The lowest BCUT2D eigenvalue weighted by Crippen LogP contribution is -2.35. The molecule has 3 aromatic rings. The zero-order chi connectivity index (χ0) is 17.1. The van der Waals surface area contributed by atoms with E-state index in [-0.39, 0.29) is 11.9 Å². The lowest BCUT2D eigenvalue weighted by molar-refractivity contribution is -0.124. The standard InChI is InChI=1S/C19H21N3O2/c1-13-12-17(15(3)24-13)14(2)21-19(23)18(22-11-7-10-20-22)16-8-5-4-6-9-16/h4-12,14,18H,1-3H3,(H,21,23)/t14-,18-/m0/s1. The van der Waals surface area contributed by atoms with Gasteiger partial charge in [0.2, 0.25) is 5.91 Å². The molecule has 0 radical (unpaired) electrons. The van der Waals surface area contributed by atoms with Crippen molar-refractivity contribution in [2.45, 2.75) is 32.9 Å². The molecule has 24 heavy (non-hydrogen) atoms. The summed E-state index contributed by atoms with van der Waals surface area (Å²) in [7, 11) is 0. The average Bonchev–Trinajstić information content (AvgIpc) is 3.18. The van der Waals surface area contributed by atoms with Crippen LogP contribution in [0.15, 0.2) is 59.3 Å². The minimum atomic E-state index is -0.503. The van der Waals surface area contributed by atoms with E-state index in [1.807, 2.05) is 63.2 Å². The molecule has 0 saturated carbocycles. The molecule has 1 amide bonds. The molecule has 3 rings (SSSR count). The molecule has 0 unspecified atom stereocenters. The van der Waals surface area contributed by atoms with Gasteiger partial charge in [0.15, 0.2) is 6.04 Å². The van der Waals surface area contributed by atoms with Crippen LogP contribution in [-0.4, -0.2) is 15.7 Å². The second kappa shape index (κ2) is 6.74. The Morgan fingerprint density at radius 1 is 1.21 bits per heavy atom. The monoisotopic (exact) mass is 323 g/mol. The van der Waals surface area contributed by atoms with Crippen LogP contribution in [0.1, 0.15) is 41.7 Å². The number of carbonyl (C=O) groups is 1. The second-order valence-electron chi connectivity index (χ2n) is 5.90. The van der Waals surface area contributed by atoms with Gasteiger partial charge in [-0.05, 0) is 38.5 Å². The number of carbonyl (C=O) groups excluding carboxylic acids is 1. The first kappa shape index (κ1) is 16.1. The molecule has 1 N–H and O–H groups in total. The summed E-state index contributed by atoms with van der Waals surface area (Å²) in [6, 6.07) is 12.8. The van der Waals surface area contributed by atoms with Gasteiger partial charge < -0.3 is 9.73 Å². The molecule has 0 saturated heterocycles. The molecule has 5 heteroatoms. The normalized spacial score (nSPS) is 13.5. The topological polar surface area (TPSA) is 60.1 Å². The number of nitrogens with one attached hydrogen (secondary N) is 1. The van der Waals surface area contributed by atoms with Crippen LogP contribution in [0.25, 0.3) is 0 Å². The zero-order valence-corrected chi connectivity index (χ0v) is 14.1. The van der Waals surface area contributed by atoms with Crippen LogP contribution in [0.2, 0.25) is 0 Å². The minimum absolute atomic E-state index is 0.101. The Hall–Kier alpha value is -2.82. The SMILES string of the molecule is Cc1cc([C@H](C)NC(=O)[C@H](c2ccccc2)n2cccn2)c(C)o1. The molecule has 5 nitrogen and oxygen atoms in total. The van der Waals surface area contributed by atoms with Crippen LogP contribution in [0, 0.1) is 13.8 Å². The zero-order valence-electron chi connectivity index (χ0n) is 14.1. The summed E-state index contributed by atoms with van der Waals surface area (Å²) >= 11 is 0. The maximum absolute atomic E-state index is 12.9. The smallest absolute Gasteiger partial charge is 0.249 e. The van der Waals surface area contributed by atoms with Crippen molar-refractivity contribution < 1.29 is 9.21 Å². The van der Waals surface area contributed by atoms with Crippen molar-refractivity contribution in [2.75, 3.05) is 0 Å². The fourth-order valence-electron chi connectivity index (χ4n) is 2.94. The lowest BCUT2D eigenvalue weighted by atomic mass is 10.0. The van der Waals surface area contributed by atoms with Crippen LogP contribution in [0.5, 0.6) is 0 Å². The van der Waals surface area contributed by atoms with E-state index < -0.39 is 6.04 Å². The van der Waals surface area contributed by atoms with E-state index in [9.17, 15) is 4.79 Å². The summed E-state index contributed by atoms with van der Waals surface area (Å²) in [6.07, 6.45) is 3.48. The quantitative estimate of drug-likeness (QED) is 0.781. The van der Waals surface area contributed by atoms with Crippen LogP contribution in [0.3, 0.4) is 0 Å². The first-order chi connectivity index (χ1) is 11.6. The molecule has 0 aliphatic heterocycles. The van der Waals surface area contributed by atoms with Crippen molar-refractivity contribution in [3.05, 3.63) is 77.5 Å². The first-order valence-electron chi connectivity index (χ1n) is 7.97. The van der Waals surface area contributed by atoms with Crippen LogP contribution < -0.4 is 5.32 Å². The molecule has 0 fully saturated rings.